The van der Waals surface area contributed by atoms with E-state index in [4.69, 9.17) is 14.2 Å². The molecule has 7 rings (SSSR count). The number of benzene rings is 1. The van der Waals surface area contributed by atoms with E-state index in [-0.39, 0.29) is 53.2 Å². The Balaban J connectivity index is 0.00000316. The van der Waals surface area contributed by atoms with Gasteiger partial charge in [0.05, 0.1) is 42.8 Å². The van der Waals surface area contributed by atoms with Crippen LogP contribution in [0.15, 0.2) is 43.0 Å². The number of carbonyl (C=O) groups is 1. The van der Waals surface area contributed by atoms with E-state index >= 15 is 0 Å². The summed E-state index contributed by atoms with van der Waals surface area (Å²) in [5.74, 6) is 1.50. The Morgan fingerprint density at radius 3 is 2.64 bits per heavy atom. The summed E-state index contributed by atoms with van der Waals surface area (Å²) in [6.45, 7) is 7.96. The van der Waals surface area contributed by atoms with Crippen LogP contribution >= 0.6 is 12.4 Å². The predicted octanol–water partition coefficient (Wildman–Crippen LogP) is 4.13. The van der Waals surface area contributed by atoms with E-state index < -0.39 is 5.82 Å². The minimum atomic E-state index is -0.502. The quantitative estimate of drug-likeness (QED) is 0.450. The van der Waals surface area contributed by atoms with Crippen LogP contribution in [0.1, 0.15) is 48.3 Å². The van der Waals surface area contributed by atoms with Gasteiger partial charge in [-0.3, -0.25) is 9.78 Å². The van der Waals surface area contributed by atoms with Crippen molar-refractivity contribution in [3.05, 3.63) is 65.6 Å². The molecule has 1 aliphatic carbocycles. The highest BCUT2D eigenvalue weighted by Crippen LogP contribution is 2.52. The highest BCUT2D eigenvalue weighted by Gasteiger charge is 2.54. The van der Waals surface area contributed by atoms with Gasteiger partial charge in [0.15, 0.2) is 11.6 Å². The minimum Gasteiger partial charge on any atom is -0.490 e. The Morgan fingerprint density at radius 2 is 1.86 bits per heavy atom. The number of halogens is 2. The Morgan fingerprint density at radius 1 is 1.07 bits per heavy atom. The first-order chi connectivity index (χ1) is 19.9. The van der Waals surface area contributed by atoms with E-state index in [1.54, 1.807) is 11.1 Å². The summed E-state index contributed by atoms with van der Waals surface area (Å²) in [5.41, 5.74) is 2.59. The third-order valence-corrected chi connectivity index (χ3v) is 8.62. The second kappa shape index (κ2) is 11.3. The number of nitrogens with one attached hydrogen (secondary N) is 1. The Kier molecular flexibility index (Phi) is 7.67. The van der Waals surface area contributed by atoms with Gasteiger partial charge in [-0.2, -0.15) is 0 Å². The van der Waals surface area contributed by atoms with Crippen molar-refractivity contribution in [2.45, 2.75) is 58.0 Å². The van der Waals surface area contributed by atoms with Gasteiger partial charge in [0.1, 0.15) is 29.7 Å². The molecule has 5 heterocycles. The summed E-state index contributed by atoms with van der Waals surface area (Å²) in [6, 6.07) is 5.71. The molecule has 3 aliphatic heterocycles. The lowest BCUT2D eigenvalue weighted by Crippen LogP contribution is -2.65. The SMILES string of the molecule is C[C@@H]1COC[C@H](C)N1C(=O)c1cc(F)ccc1Oc1cncnc1N1CC2(CC(Oc3ccnc4c3CNC4)C2)C1.Cl. The zero-order valence-electron chi connectivity index (χ0n) is 23.6. The average molecular weight is 597 g/mol. The molecule has 1 saturated carbocycles. The van der Waals surface area contributed by atoms with Crippen LogP contribution in [0.5, 0.6) is 17.2 Å². The number of fused-ring (bicyclic) bond motifs is 1. The van der Waals surface area contributed by atoms with Crippen LogP contribution in [0.2, 0.25) is 0 Å². The predicted molar refractivity (Wildman–Crippen MR) is 155 cm³/mol. The van der Waals surface area contributed by atoms with Crippen LogP contribution in [0.3, 0.4) is 0 Å². The number of morpholine rings is 1. The molecule has 1 amide bonds. The van der Waals surface area contributed by atoms with Crippen molar-refractivity contribution >= 4 is 24.1 Å². The molecule has 3 fully saturated rings. The van der Waals surface area contributed by atoms with Gasteiger partial charge >= 0.3 is 0 Å². The molecule has 1 aromatic carbocycles. The van der Waals surface area contributed by atoms with E-state index in [9.17, 15) is 9.18 Å². The number of rotatable bonds is 6. The largest absolute Gasteiger partial charge is 0.490 e. The van der Waals surface area contributed by atoms with E-state index in [2.05, 4.69) is 25.2 Å². The standard InChI is InChI=1S/C30H33FN6O4.ClH/c1-18-13-39-14-19(2)37(18)29(38)22-7-20(31)3-4-25(22)41-27-12-33-17-35-28(27)36-15-30(16-36)8-21(9-30)40-26-5-6-34-24-11-32-10-23(24)26;/h3-7,12,17-19,21,32H,8-11,13-16H2,1-2H3;1H/t18-,19+;. The number of amides is 1. The number of aromatic nitrogens is 3. The lowest BCUT2D eigenvalue weighted by molar-refractivity contribution is -0.0348. The van der Waals surface area contributed by atoms with E-state index in [1.165, 1.54) is 30.1 Å². The highest BCUT2D eigenvalue weighted by molar-refractivity contribution is 5.97. The molecule has 0 bridgehead atoms. The molecule has 10 nitrogen and oxygen atoms in total. The van der Waals surface area contributed by atoms with Gasteiger partial charge in [-0.25, -0.2) is 14.4 Å². The van der Waals surface area contributed by atoms with Crippen LogP contribution in [0, 0.1) is 11.2 Å². The second-order valence-electron chi connectivity index (χ2n) is 11.7. The molecular weight excluding hydrogens is 563 g/mol. The van der Waals surface area contributed by atoms with Gasteiger partial charge in [0.2, 0.25) is 0 Å². The number of hydrogen-bond donors (Lipinski definition) is 1. The number of ether oxygens (including phenoxy) is 3. The first kappa shape index (κ1) is 28.6. The van der Waals surface area contributed by atoms with Crippen molar-refractivity contribution in [1.29, 1.82) is 0 Å². The fraction of sp³-hybridized carbons (Fsp3) is 0.467. The number of hydrogen-bond acceptors (Lipinski definition) is 9. The summed E-state index contributed by atoms with van der Waals surface area (Å²) in [6.07, 6.45) is 7.04. The summed E-state index contributed by atoms with van der Waals surface area (Å²) in [7, 11) is 0. The van der Waals surface area contributed by atoms with Gasteiger partial charge in [-0.05, 0) is 51.0 Å². The maximum atomic E-state index is 14.3. The van der Waals surface area contributed by atoms with E-state index in [0.717, 1.165) is 50.5 Å². The number of pyridine rings is 1. The molecule has 2 saturated heterocycles. The van der Waals surface area contributed by atoms with Crippen LogP contribution in [0.4, 0.5) is 10.2 Å². The zero-order valence-corrected chi connectivity index (χ0v) is 24.4. The van der Waals surface area contributed by atoms with Crippen LogP contribution < -0.4 is 19.7 Å². The molecule has 3 aromatic rings. The first-order valence-corrected chi connectivity index (χ1v) is 14.2. The molecule has 0 unspecified atom stereocenters. The van der Waals surface area contributed by atoms with Crippen molar-refractivity contribution in [2.24, 2.45) is 5.41 Å². The van der Waals surface area contributed by atoms with Crippen molar-refractivity contribution in [3.63, 3.8) is 0 Å². The van der Waals surface area contributed by atoms with Crippen molar-refractivity contribution < 1.29 is 23.4 Å². The highest BCUT2D eigenvalue weighted by atomic mass is 35.5. The summed E-state index contributed by atoms with van der Waals surface area (Å²) in [4.78, 5) is 30.6. The molecule has 2 aromatic heterocycles. The molecule has 2 atom stereocenters. The smallest absolute Gasteiger partial charge is 0.258 e. The Bertz CT molecular complexity index is 1470. The monoisotopic (exact) mass is 596 g/mol. The lowest BCUT2D eigenvalue weighted by Gasteiger charge is -2.58. The lowest BCUT2D eigenvalue weighted by atomic mass is 9.61. The van der Waals surface area contributed by atoms with Gasteiger partial charge in [0.25, 0.3) is 5.91 Å². The van der Waals surface area contributed by atoms with Gasteiger partial charge < -0.3 is 29.3 Å². The van der Waals surface area contributed by atoms with Crippen molar-refractivity contribution in [2.75, 3.05) is 31.2 Å². The molecule has 222 valence electrons. The van der Waals surface area contributed by atoms with Gasteiger partial charge in [0, 0.05) is 43.4 Å². The molecular formula is C30H34ClFN6O4. The third-order valence-electron chi connectivity index (χ3n) is 8.62. The number of nitrogens with zero attached hydrogens (tertiary/aromatic N) is 5. The van der Waals surface area contributed by atoms with Gasteiger partial charge in [-0.1, -0.05) is 0 Å². The molecule has 12 heteroatoms. The number of anilines is 1. The molecule has 4 aliphatic rings. The van der Waals surface area contributed by atoms with Crippen LogP contribution in [0.25, 0.3) is 0 Å². The minimum absolute atomic E-state index is 0. The van der Waals surface area contributed by atoms with E-state index in [0.29, 0.717) is 24.8 Å². The van der Waals surface area contributed by atoms with Crippen molar-refractivity contribution in [3.8, 4) is 17.2 Å². The molecule has 1 spiro atoms. The summed E-state index contributed by atoms with van der Waals surface area (Å²) < 4.78 is 32.5. The third kappa shape index (κ3) is 5.14. The average Bonchev–Trinajstić information content (AvgIpc) is 3.40. The fourth-order valence-corrected chi connectivity index (χ4v) is 6.65. The second-order valence-corrected chi connectivity index (χ2v) is 11.7. The zero-order chi connectivity index (χ0) is 28.1. The van der Waals surface area contributed by atoms with Crippen molar-refractivity contribution in [1.82, 2.24) is 25.2 Å². The summed E-state index contributed by atoms with van der Waals surface area (Å²) in [5, 5.41) is 3.34. The van der Waals surface area contributed by atoms with Gasteiger partial charge in [-0.15, -0.1) is 12.4 Å². The number of carbonyl (C=O) groups excluding carboxylic acids is 1. The topological polar surface area (TPSA) is 102 Å². The first-order valence-electron chi connectivity index (χ1n) is 14.2. The normalized spacial score (nSPS) is 22.5. The fourth-order valence-electron chi connectivity index (χ4n) is 6.65. The Hall–Kier alpha value is -3.54. The maximum Gasteiger partial charge on any atom is 0.258 e. The van der Waals surface area contributed by atoms with Crippen LogP contribution in [-0.4, -0.2) is 70.2 Å². The molecule has 42 heavy (non-hydrogen) atoms. The maximum absolute atomic E-state index is 14.3. The Labute approximate surface area is 250 Å². The summed E-state index contributed by atoms with van der Waals surface area (Å²) >= 11 is 0. The molecule has 1 N–H and O–H groups in total. The van der Waals surface area contributed by atoms with E-state index in [1.807, 2.05) is 26.1 Å². The molecule has 0 radical (unpaired) electrons. The van der Waals surface area contributed by atoms with Crippen LogP contribution in [-0.2, 0) is 17.8 Å².